The molecule has 0 rings (SSSR count). The predicted molar refractivity (Wildman–Crippen MR) is 47.6 cm³/mol. The van der Waals surface area contributed by atoms with Crippen molar-refractivity contribution >= 4 is 11.9 Å². The molecular formula is C9H16FeO4. The molecule has 0 aliphatic rings. The van der Waals surface area contributed by atoms with Crippen molar-refractivity contribution in [3.63, 3.8) is 0 Å². The van der Waals surface area contributed by atoms with E-state index in [9.17, 15) is 9.59 Å². The Kier molecular flexibility index (Phi) is 12.0. The van der Waals surface area contributed by atoms with Crippen molar-refractivity contribution in [3.05, 3.63) is 0 Å². The van der Waals surface area contributed by atoms with E-state index in [1.807, 2.05) is 0 Å². The van der Waals surface area contributed by atoms with Crippen molar-refractivity contribution in [2.24, 2.45) is 0 Å². The van der Waals surface area contributed by atoms with Gasteiger partial charge in [-0.05, 0) is 12.8 Å². The number of carboxylic acids is 2. The van der Waals surface area contributed by atoms with Gasteiger partial charge in [0.1, 0.15) is 0 Å². The monoisotopic (exact) mass is 244 g/mol. The summed E-state index contributed by atoms with van der Waals surface area (Å²) in [5, 5.41) is 16.6. The zero-order valence-corrected chi connectivity index (χ0v) is 9.12. The van der Waals surface area contributed by atoms with Crippen LogP contribution in [0.5, 0.6) is 0 Å². The van der Waals surface area contributed by atoms with Crippen LogP contribution in [0.4, 0.5) is 0 Å². The van der Waals surface area contributed by atoms with Crippen LogP contribution in [0, 0.1) is 0 Å². The molecular weight excluding hydrogens is 228 g/mol. The third-order valence-electron chi connectivity index (χ3n) is 1.78. The molecule has 0 unspecified atom stereocenters. The van der Waals surface area contributed by atoms with Crippen LogP contribution < -0.4 is 0 Å². The standard InChI is InChI=1S/C9H16O4.Fe/c10-8(11)6-4-2-1-3-5-7-9(12)13;/h1-7H2,(H,10,11)(H,12,13);. The molecule has 0 aliphatic carbocycles. The maximum Gasteiger partial charge on any atom is 0.303 e. The minimum atomic E-state index is -0.759. The van der Waals surface area contributed by atoms with Crippen LogP contribution in [0.2, 0.25) is 0 Å². The Bertz CT molecular complexity index is 152. The van der Waals surface area contributed by atoms with E-state index in [-0.39, 0.29) is 29.9 Å². The third-order valence-corrected chi connectivity index (χ3v) is 1.78. The smallest absolute Gasteiger partial charge is 0.303 e. The molecule has 0 amide bonds. The molecule has 4 nitrogen and oxygen atoms in total. The van der Waals surface area contributed by atoms with Gasteiger partial charge in [-0.1, -0.05) is 19.3 Å². The van der Waals surface area contributed by atoms with Gasteiger partial charge in [0.25, 0.3) is 0 Å². The molecule has 0 bridgehead atoms. The molecule has 0 radical (unpaired) electrons. The second-order valence-corrected chi connectivity index (χ2v) is 3.06. The van der Waals surface area contributed by atoms with Gasteiger partial charge < -0.3 is 10.2 Å². The third kappa shape index (κ3) is 14.0. The summed E-state index contributed by atoms with van der Waals surface area (Å²) in [6.07, 6.45) is 4.53. The summed E-state index contributed by atoms with van der Waals surface area (Å²) in [5.74, 6) is -1.52. The average molecular weight is 244 g/mol. The summed E-state index contributed by atoms with van der Waals surface area (Å²) in [5.41, 5.74) is 0. The number of hydrogen-bond acceptors (Lipinski definition) is 2. The molecule has 14 heavy (non-hydrogen) atoms. The van der Waals surface area contributed by atoms with Crippen LogP contribution in [0.3, 0.4) is 0 Å². The second-order valence-electron chi connectivity index (χ2n) is 3.06. The Labute approximate surface area is 94.2 Å². The fraction of sp³-hybridized carbons (Fsp3) is 0.778. The van der Waals surface area contributed by atoms with Gasteiger partial charge in [-0.2, -0.15) is 0 Å². The Hall–Kier alpha value is -0.541. The number of aliphatic carboxylic acids is 2. The SMILES string of the molecule is O=C(O)CCCCCCCC(=O)O.[Fe]. The van der Waals surface area contributed by atoms with Crippen LogP contribution in [-0.4, -0.2) is 22.2 Å². The topological polar surface area (TPSA) is 74.6 Å². The molecule has 2 N–H and O–H groups in total. The average Bonchev–Trinajstić information content (AvgIpc) is 2.01. The molecule has 0 atom stereocenters. The van der Waals surface area contributed by atoms with Gasteiger partial charge in [-0.3, -0.25) is 9.59 Å². The van der Waals surface area contributed by atoms with Crippen molar-refractivity contribution in [1.82, 2.24) is 0 Å². The zero-order chi connectivity index (χ0) is 10.1. The number of carbonyl (C=O) groups is 2. The molecule has 0 saturated carbocycles. The van der Waals surface area contributed by atoms with Gasteiger partial charge in [0, 0.05) is 29.9 Å². The summed E-state index contributed by atoms with van der Waals surface area (Å²) in [4.78, 5) is 20.2. The van der Waals surface area contributed by atoms with Gasteiger partial charge in [0.15, 0.2) is 0 Å². The quantitative estimate of drug-likeness (QED) is 0.505. The fourth-order valence-electron chi connectivity index (χ4n) is 1.08. The Morgan fingerprint density at radius 3 is 1.29 bits per heavy atom. The largest absolute Gasteiger partial charge is 0.481 e. The maximum absolute atomic E-state index is 10.1. The number of hydrogen-bond donors (Lipinski definition) is 2. The minimum absolute atomic E-state index is 0. The zero-order valence-electron chi connectivity index (χ0n) is 8.01. The van der Waals surface area contributed by atoms with Gasteiger partial charge >= 0.3 is 11.9 Å². The first-order valence-electron chi connectivity index (χ1n) is 4.56. The van der Waals surface area contributed by atoms with E-state index in [4.69, 9.17) is 10.2 Å². The van der Waals surface area contributed by atoms with Gasteiger partial charge in [-0.25, -0.2) is 0 Å². The van der Waals surface area contributed by atoms with Crippen LogP contribution in [0.1, 0.15) is 44.9 Å². The molecule has 0 aromatic rings. The molecule has 5 heteroatoms. The van der Waals surface area contributed by atoms with E-state index < -0.39 is 11.9 Å². The summed E-state index contributed by atoms with van der Waals surface area (Å²) in [6, 6.07) is 0. The predicted octanol–water partition coefficient (Wildman–Crippen LogP) is 1.88. The van der Waals surface area contributed by atoms with Crippen LogP contribution in [0.15, 0.2) is 0 Å². The van der Waals surface area contributed by atoms with E-state index in [1.54, 1.807) is 0 Å². The first-order chi connectivity index (χ1) is 6.13. The van der Waals surface area contributed by atoms with E-state index in [0.29, 0.717) is 12.8 Å². The van der Waals surface area contributed by atoms with E-state index in [1.165, 1.54) is 0 Å². The summed E-state index contributed by atoms with van der Waals surface area (Å²) < 4.78 is 0. The molecule has 0 spiro atoms. The van der Waals surface area contributed by atoms with E-state index >= 15 is 0 Å². The first-order valence-corrected chi connectivity index (χ1v) is 4.56. The van der Waals surface area contributed by atoms with Gasteiger partial charge in [-0.15, -0.1) is 0 Å². The van der Waals surface area contributed by atoms with Crippen LogP contribution in [0.25, 0.3) is 0 Å². The molecule has 0 aromatic carbocycles. The van der Waals surface area contributed by atoms with Gasteiger partial charge in [0.2, 0.25) is 0 Å². The molecule has 0 fully saturated rings. The second kappa shape index (κ2) is 10.5. The summed E-state index contributed by atoms with van der Waals surface area (Å²) in [7, 11) is 0. The van der Waals surface area contributed by atoms with Crippen LogP contribution >= 0.6 is 0 Å². The number of rotatable bonds is 8. The Balaban J connectivity index is 0. The number of carboxylic acid groups (broad SMARTS) is 2. The minimum Gasteiger partial charge on any atom is -0.481 e. The van der Waals surface area contributed by atoms with Gasteiger partial charge in [0.05, 0.1) is 0 Å². The molecule has 0 aliphatic heterocycles. The molecule has 0 saturated heterocycles. The summed E-state index contributed by atoms with van der Waals surface area (Å²) >= 11 is 0. The Morgan fingerprint density at radius 1 is 0.714 bits per heavy atom. The summed E-state index contributed by atoms with van der Waals surface area (Å²) in [6.45, 7) is 0. The van der Waals surface area contributed by atoms with Crippen molar-refractivity contribution in [1.29, 1.82) is 0 Å². The van der Waals surface area contributed by atoms with Crippen molar-refractivity contribution < 1.29 is 36.9 Å². The van der Waals surface area contributed by atoms with Crippen molar-refractivity contribution in [2.45, 2.75) is 44.9 Å². The number of unbranched alkanes of at least 4 members (excludes halogenated alkanes) is 4. The molecule has 0 aromatic heterocycles. The maximum atomic E-state index is 10.1. The van der Waals surface area contributed by atoms with Crippen molar-refractivity contribution in [3.8, 4) is 0 Å². The first kappa shape index (κ1) is 15.9. The van der Waals surface area contributed by atoms with Crippen LogP contribution in [-0.2, 0) is 26.7 Å². The Morgan fingerprint density at radius 2 is 1.00 bits per heavy atom. The van der Waals surface area contributed by atoms with E-state index in [2.05, 4.69) is 0 Å². The fourth-order valence-corrected chi connectivity index (χ4v) is 1.08. The molecule has 84 valence electrons. The van der Waals surface area contributed by atoms with E-state index in [0.717, 1.165) is 19.3 Å². The normalized spacial score (nSPS) is 9.14. The van der Waals surface area contributed by atoms with Crippen molar-refractivity contribution in [2.75, 3.05) is 0 Å². The molecule has 0 heterocycles.